The van der Waals surface area contributed by atoms with Gasteiger partial charge in [0.25, 0.3) is 0 Å². The second kappa shape index (κ2) is 6.26. The fourth-order valence-electron chi connectivity index (χ4n) is 1.77. The minimum atomic E-state index is 0.000875. The lowest BCUT2D eigenvalue weighted by Crippen LogP contribution is -2.35. The van der Waals surface area contributed by atoms with Crippen LogP contribution in [0.3, 0.4) is 0 Å². The molecule has 18 heavy (non-hydrogen) atoms. The van der Waals surface area contributed by atoms with Crippen LogP contribution in [0.2, 0.25) is 0 Å². The molecule has 1 heterocycles. The van der Waals surface area contributed by atoms with Crippen molar-refractivity contribution in [3.63, 3.8) is 0 Å². The first-order valence-corrected chi connectivity index (χ1v) is 6.09. The highest BCUT2D eigenvalue weighted by molar-refractivity contribution is 5.76. The fourth-order valence-corrected chi connectivity index (χ4v) is 1.77. The van der Waals surface area contributed by atoms with Gasteiger partial charge in [-0.1, -0.05) is 0 Å². The highest BCUT2D eigenvalue weighted by Gasteiger charge is 2.17. The lowest BCUT2D eigenvalue weighted by atomic mass is 10.2. The van der Waals surface area contributed by atoms with E-state index in [1.165, 1.54) is 0 Å². The maximum absolute atomic E-state index is 11.6. The van der Waals surface area contributed by atoms with Crippen molar-refractivity contribution in [1.29, 1.82) is 0 Å². The molecule has 0 aromatic heterocycles. The van der Waals surface area contributed by atoms with E-state index in [4.69, 9.17) is 15.2 Å². The maximum atomic E-state index is 11.6. The first kappa shape index (κ1) is 12.7. The summed E-state index contributed by atoms with van der Waals surface area (Å²) in [5.74, 6) is 0.724. The topological polar surface area (TPSA) is 73.6 Å². The van der Waals surface area contributed by atoms with Gasteiger partial charge in [-0.2, -0.15) is 0 Å². The Balaban J connectivity index is 1.65. The van der Waals surface area contributed by atoms with E-state index in [2.05, 4.69) is 5.32 Å². The predicted molar refractivity (Wildman–Crippen MR) is 68.3 cm³/mol. The third-order valence-corrected chi connectivity index (χ3v) is 2.77. The smallest absolute Gasteiger partial charge is 0.223 e. The number of nitrogens with two attached hydrogens (primary N) is 1. The lowest BCUT2D eigenvalue weighted by Gasteiger charge is -2.11. The van der Waals surface area contributed by atoms with Gasteiger partial charge >= 0.3 is 0 Å². The van der Waals surface area contributed by atoms with E-state index >= 15 is 0 Å². The van der Waals surface area contributed by atoms with Crippen molar-refractivity contribution in [3.05, 3.63) is 24.3 Å². The Labute approximate surface area is 106 Å². The van der Waals surface area contributed by atoms with Crippen molar-refractivity contribution in [3.8, 4) is 5.75 Å². The number of hydrogen-bond acceptors (Lipinski definition) is 4. The van der Waals surface area contributed by atoms with Crippen LogP contribution in [0.25, 0.3) is 0 Å². The van der Waals surface area contributed by atoms with E-state index in [1.807, 2.05) is 0 Å². The molecule has 5 nitrogen and oxygen atoms in total. The number of anilines is 1. The Morgan fingerprint density at radius 3 is 2.89 bits per heavy atom. The van der Waals surface area contributed by atoms with Gasteiger partial charge in [-0.3, -0.25) is 4.79 Å². The van der Waals surface area contributed by atoms with Gasteiger partial charge < -0.3 is 20.5 Å². The summed E-state index contributed by atoms with van der Waals surface area (Å²) in [5.41, 5.74) is 6.26. The van der Waals surface area contributed by atoms with Crippen molar-refractivity contribution in [1.82, 2.24) is 5.32 Å². The number of nitrogen functional groups attached to an aromatic ring is 1. The Kier molecular flexibility index (Phi) is 4.41. The molecule has 5 heteroatoms. The molecule has 1 saturated heterocycles. The van der Waals surface area contributed by atoms with E-state index in [0.29, 0.717) is 25.3 Å². The normalized spacial score (nSPS) is 18.6. The summed E-state index contributed by atoms with van der Waals surface area (Å²) in [6.45, 7) is 1.71. The van der Waals surface area contributed by atoms with Crippen LogP contribution < -0.4 is 15.8 Å². The van der Waals surface area contributed by atoms with Gasteiger partial charge in [-0.25, -0.2) is 0 Å². The molecular formula is C13H18N2O3. The standard InChI is InChI=1S/C13H18N2O3/c14-10-1-3-12(4-2-10)18-8-6-13(16)15-11-5-7-17-9-11/h1-4,11H,5-9,14H2,(H,15,16). The van der Waals surface area contributed by atoms with Crippen LogP contribution in [0.5, 0.6) is 5.75 Å². The molecule has 1 aromatic carbocycles. The molecule has 1 amide bonds. The average Bonchev–Trinajstić information content (AvgIpc) is 2.84. The van der Waals surface area contributed by atoms with Crippen LogP contribution in [0.4, 0.5) is 5.69 Å². The van der Waals surface area contributed by atoms with Gasteiger partial charge in [0, 0.05) is 12.3 Å². The lowest BCUT2D eigenvalue weighted by molar-refractivity contribution is -0.122. The number of carbonyl (C=O) groups excluding carboxylic acids is 1. The molecule has 98 valence electrons. The van der Waals surface area contributed by atoms with E-state index in [1.54, 1.807) is 24.3 Å². The zero-order valence-corrected chi connectivity index (χ0v) is 10.2. The number of carbonyl (C=O) groups is 1. The van der Waals surface area contributed by atoms with Crippen LogP contribution in [0.15, 0.2) is 24.3 Å². The summed E-state index contributed by atoms with van der Waals surface area (Å²) in [7, 11) is 0. The van der Waals surface area contributed by atoms with Gasteiger partial charge in [-0.15, -0.1) is 0 Å². The number of benzene rings is 1. The molecule has 1 fully saturated rings. The van der Waals surface area contributed by atoms with Gasteiger partial charge in [0.05, 0.1) is 25.7 Å². The molecule has 0 saturated carbocycles. The minimum absolute atomic E-state index is 0.000875. The number of rotatable bonds is 5. The summed E-state index contributed by atoms with van der Waals surface area (Å²) < 4.78 is 10.6. The molecule has 3 N–H and O–H groups in total. The van der Waals surface area contributed by atoms with Crippen molar-refractivity contribution in [2.75, 3.05) is 25.6 Å². The van der Waals surface area contributed by atoms with Crippen molar-refractivity contribution in [2.45, 2.75) is 18.9 Å². The Morgan fingerprint density at radius 1 is 1.44 bits per heavy atom. The quantitative estimate of drug-likeness (QED) is 0.763. The van der Waals surface area contributed by atoms with Gasteiger partial charge in [0.1, 0.15) is 5.75 Å². The number of ether oxygens (including phenoxy) is 2. The Bertz CT molecular complexity index is 386. The van der Waals surface area contributed by atoms with E-state index in [0.717, 1.165) is 18.8 Å². The molecule has 1 aliphatic rings. The second-order valence-corrected chi connectivity index (χ2v) is 4.30. The van der Waals surface area contributed by atoms with Crippen LogP contribution in [0.1, 0.15) is 12.8 Å². The highest BCUT2D eigenvalue weighted by atomic mass is 16.5. The summed E-state index contributed by atoms with van der Waals surface area (Å²) in [5, 5.41) is 2.91. The van der Waals surface area contributed by atoms with E-state index in [-0.39, 0.29) is 11.9 Å². The zero-order chi connectivity index (χ0) is 12.8. The summed E-state index contributed by atoms with van der Waals surface area (Å²) in [4.78, 5) is 11.6. The molecule has 1 unspecified atom stereocenters. The molecule has 1 aliphatic heterocycles. The number of nitrogens with one attached hydrogen (secondary N) is 1. The second-order valence-electron chi connectivity index (χ2n) is 4.30. The van der Waals surface area contributed by atoms with Gasteiger partial charge in [0.15, 0.2) is 0 Å². The number of hydrogen-bond donors (Lipinski definition) is 2. The predicted octanol–water partition coefficient (Wildman–Crippen LogP) is 0.943. The summed E-state index contributed by atoms with van der Waals surface area (Å²) in [6, 6.07) is 7.28. The van der Waals surface area contributed by atoms with E-state index in [9.17, 15) is 4.79 Å². The molecule has 0 radical (unpaired) electrons. The Hall–Kier alpha value is -1.75. The number of amides is 1. The molecule has 2 rings (SSSR count). The van der Waals surface area contributed by atoms with Crippen molar-refractivity contribution >= 4 is 11.6 Å². The average molecular weight is 250 g/mol. The monoisotopic (exact) mass is 250 g/mol. The van der Waals surface area contributed by atoms with Gasteiger partial charge in [-0.05, 0) is 30.7 Å². The largest absolute Gasteiger partial charge is 0.493 e. The fraction of sp³-hybridized carbons (Fsp3) is 0.462. The molecule has 0 aliphatic carbocycles. The summed E-state index contributed by atoms with van der Waals surface area (Å²) >= 11 is 0. The van der Waals surface area contributed by atoms with Crippen LogP contribution in [-0.2, 0) is 9.53 Å². The van der Waals surface area contributed by atoms with Crippen LogP contribution >= 0.6 is 0 Å². The molecule has 0 bridgehead atoms. The molecule has 1 atom stereocenters. The first-order valence-electron chi connectivity index (χ1n) is 6.09. The van der Waals surface area contributed by atoms with Crippen LogP contribution in [-0.4, -0.2) is 31.8 Å². The molecule has 1 aromatic rings. The van der Waals surface area contributed by atoms with Gasteiger partial charge in [0.2, 0.25) is 5.91 Å². The third-order valence-electron chi connectivity index (χ3n) is 2.77. The molecular weight excluding hydrogens is 232 g/mol. The Morgan fingerprint density at radius 2 is 2.22 bits per heavy atom. The zero-order valence-electron chi connectivity index (χ0n) is 10.2. The summed E-state index contributed by atoms with van der Waals surface area (Å²) in [6.07, 6.45) is 1.24. The third kappa shape index (κ3) is 3.92. The first-order chi connectivity index (χ1) is 8.74. The highest BCUT2D eigenvalue weighted by Crippen LogP contribution is 2.13. The maximum Gasteiger partial charge on any atom is 0.223 e. The minimum Gasteiger partial charge on any atom is -0.493 e. The van der Waals surface area contributed by atoms with E-state index < -0.39 is 0 Å². The SMILES string of the molecule is Nc1ccc(OCCC(=O)NC2CCOC2)cc1. The van der Waals surface area contributed by atoms with Crippen molar-refractivity contribution in [2.24, 2.45) is 0 Å². The van der Waals surface area contributed by atoms with Crippen molar-refractivity contribution < 1.29 is 14.3 Å². The van der Waals surface area contributed by atoms with Crippen LogP contribution in [0, 0.1) is 0 Å². The molecule has 0 spiro atoms.